The van der Waals surface area contributed by atoms with E-state index < -0.39 is 17.7 Å². The molecule has 4 aromatic rings. The van der Waals surface area contributed by atoms with Crippen LogP contribution in [0.15, 0.2) is 70.7 Å². The van der Waals surface area contributed by atoms with Gasteiger partial charge in [-0.25, -0.2) is 4.98 Å². The first-order valence-corrected chi connectivity index (χ1v) is 13.1. The van der Waals surface area contributed by atoms with Crippen molar-refractivity contribution in [2.45, 2.75) is 32.4 Å². The van der Waals surface area contributed by atoms with Gasteiger partial charge in [0.15, 0.2) is 5.13 Å². The molecule has 6 rings (SSSR count). The number of aromatic nitrogens is 1. The molecule has 1 fully saturated rings. The largest absolute Gasteiger partial charge is 0.507 e. The summed E-state index contributed by atoms with van der Waals surface area (Å²) in [6, 6.07) is 17.8. The van der Waals surface area contributed by atoms with Gasteiger partial charge >= 0.3 is 5.91 Å². The predicted octanol–water partition coefficient (Wildman–Crippen LogP) is 6.32. The summed E-state index contributed by atoms with van der Waals surface area (Å²) in [5, 5.41) is 11.9. The van der Waals surface area contributed by atoms with Crippen LogP contribution in [0.4, 0.5) is 5.13 Å². The number of amides is 1. The first kappa shape index (κ1) is 22.9. The Morgan fingerprint density at radius 1 is 1.11 bits per heavy atom. The number of halogens is 1. The van der Waals surface area contributed by atoms with Crippen molar-refractivity contribution in [3.05, 3.63) is 93.0 Å². The van der Waals surface area contributed by atoms with E-state index in [1.165, 1.54) is 16.2 Å². The van der Waals surface area contributed by atoms with Crippen molar-refractivity contribution in [1.82, 2.24) is 4.98 Å². The molecule has 1 amide bonds. The minimum atomic E-state index is -0.816. The van der Waals surface area contributed by atoms with Gasteiger partial charge in [-0.05, 0) is 73.0 Å². The van der Waals surface area contributed by atoms with Crippen LogP contribution in [-0.4, -0.2) is 27.9 Å². The van der Waals surface area contributed by atoms with Crippen molar-refractivity contribution in [3.63, 3.8) is 0 Å². The molecule has 0 spiro atoms. The zero-order valence-corrected chi connectivity index (χ0v) is 21.9. The molecule has 0 saturated carbocycles. The molecule has 0 unspecified atom stereocenters. The number of Topliss-reactive ketones (excluding diaryl/α,β-unsaturated/α-hetero) is 1. The van der Waals surface area contributed by atoms with Crippen LogP contribution in [0, 0.1) is 6.92 Å². The van der Waals surface area contributed by atoms with E-state index in [9.17, 15) is 14.7 Å². The zero-order valence-electron chi connectivity index (χ0n) is 19.5. The lowest BCUT2D eigenvalue weighted by Crippen LogP contribution is -2.29. The first-order valence-electron chi connectivity index (χ1n) is 11.5. The standard InChI is InChI=1S/C28H21BrN2O4S/c1-14-3-9-20-22(11-14)36-28(30-20)31-24(16-4-7-19(29)8-5-16)23(26(33)27(31)34)25(32)17-6-10-21-18(13-17)12-15(2)35-21/h3-11,13,15,24,32H,12H2,1-2H3/t15-,24+/m1/s1. The molecular formula is C28H21BrN2O4S. The molecule has 1 saturated heterocycles. The second kappa shape index (κ2) is 8.57. The highest BCUT2D eigenvalue weighted by atomic mass is 79.9. The van der Waals surface area contributed by atoms with E-state index in [-0.39, 0.29) is 17.4 Å². The van der Waals surface area contributed by atoms with E-state index in [4.69, 9.17) is 4.74 Å². The number of carbonyl (C=O) groups is 2. The molecule has 3 heterocycles. The number of ketones is 1. The fourth-order valence-electron chi connectivity index (χ4n) is 4.84. The number of rotatable bonds is 3. The number of hydrogen-bond acceptors (Lipinski definition) is 6. The van der Waals surface area contributed by atoms with Crippen LogP contribution in [0.1, 0.15) is 35.2 Å². The summed E-state index contributed by atoms with van der Waals surface area (Å²) in [6.07, 6.45) is 0.764. The Labute approximate surface area is 220 Å². The molecule has 2 aliphatic rings. The van der Waals surface area contributed by atoms with E-state index in [1.54, 1.807) is 12.1 Å². The fourth-order valence-corrected chi connectivity index (χ4v) is 6.19. The van der Waals surface area contributed by atoms with Crippen molar-refractivity contribution in [1.29, 1.82) is 0 Å². The van der Waals surface area contributed by atoms with Crippen molar-refractivity contribution < 1.29 is 19.4 Å². The van der Waals surface area contributed by atoms with Crippen LogP contribution in [-0.2, 0) is 16.0 Å². The van der Waals surface area contributed by atoms with Gasteiger partial charge in [0, 0.05) is 16.5 Å². The van der Waals surface area contributed by atoms with Gasteiger partial charge in [-0.2, -0.15) is 0 Å². The Hall–Kier alpha value is -3.49. The van der Waals surface area contributed by atoms with E-state index in [2.05, 4.69) is 20.9 Å². The molecule has 0 radical (unpaired) electrons. The highest BCUT2D eigenvalue weighted by Crippen LogP contribution is 2.45. The maximum atomic E-state index is 13.4. The second-order valence-electron chi connectivity index (χ2n) is 9.14. The van der Waals surface area contributed by atoms with Gasteiger partial charge in [-0.15, -0.1) is 0 Å². The molecule has 36 heavy (non-hydrogen) atoms. The Balaban J connectivity index is 1.53. The third kappa shape index (κ3) is 3.72. The average molecular weight is 561 g/mol. The second-order valence-corrected chi connectivity index (χ2v) is 11.1. The number of aliphatic hydroxyl groups excluding tert-OH is 1. The Morgan fingerprint density at radius 3 is 2.67 bits per heavy atom. The molecule has 180 valence electrons. The summed E-state index contributed by atoms with van der Waals surface area (Å²) < 4.78 is 7.57. The molecule has 6 nitrogen and oxygen atoms in total. The first-order chi connectivity index (χ1) is 17.3. The number of aryl methyl sites for hydroxylation is 1. The summed E-state index contributed by atoms with van der Waals surface area (Å²) >= 11 is 4.80. The van der Waals surface area contributed by atoms with Crippen molar-refractivity contribution in [2.24, 2.45) is 0 Å². The van der Waals surface area contributed by atoms with Crippen LogP contribution in [0.25, 0.3) is 16.0 Å². The van der Waals surface area contributed by atoms with Gasteiger partial charge in [0.2, 0.25) is 0 Å². The molecule has 2 aliphatic heterocycles. The highest BCUT2D eigenvalue weighted by Gasteiger charge is 2.48. The number of hydrogen-bond donors (Lipinski definition) is 1. The predicted molar refractivity (Wildman–Crippen MR) is 144 cm³/mol. The van der Waals surface area contributed by atoms with E-state index in [0.29, 0.717) is 22.7 Å². The number of carbonyl (C=O) groups excluding carboxylic acids is 2. The lowest BCUT2D eigenvalue weighted by molar-refractivity contribution is -0.132. The van der Waals surface area contributed by atoms with Crippen LogP contribution in [0.5, 0.6) is 5.75 Å². The maximum absolute atomic E-state index is 13.4. The smallest absolute Gasteiger partial charge is 0.301 e. The number of thiazole rings is 1. The van der Waals surface area contributed by atoms with Gasteiger partial charge in [0.1, 0.15) is 17.6 Å². The van der Waals surface area contributed by atoms with Crippen molar-refractivity contribution in [2.75, 3.05) is 4.90 Å². The normalized spacial score (nSPS) is 20.7. The number of fused-ring (bicyclic) bond motifs is 2. The number of benzene rings is 3. The Bertz CT molecular complexity index is 1590. The van der Waals surface area contributed by atoms with E-state index >= 15 is 0 Å². The highest BCUT2D eigenvalue weighted by molar-refractivity contribution is 9.10. The lowest BCUT2D eigenvalue weighted by Gasteiger charge is -2.23. The molecular weight excluding hydrogens is 540 g/mol. The Morgan fingerprint density at radius 2 is 1.89 bits per heavy atom. The fraction of sp³-hybridized carbons (Fsp3) is 0.179. The van der Waals surface area contributed by atoms with Crippen LogP contribution < -0.4 is 9.64 Å². The number of nitrogens with zero attached hydrogens (tertiary/aromatic N) is 2. The van der Waals surface area contributed by atoms with Gasteiger partial charge in [0.05, 0.1) is 21.8 Å². The summed E-state index contributed by atoms with van der Waals surface area (Å²) in [5.74, 6) is -0.879. The van der Waals surface area contributed by atoms with Gasteiger partial charge in [0.25, 0.3) is 5.78 Å². The summed E-state index contributed by atoms with van der Waals surface area (Å²) in [4.78, 5) is 33.0. The zero-order chi connectivity index (χ0) is 25.1. The molecule has 0 aliphatic carbocycles. The minimum absolute atomic E-state index is 0.0460. The number of aliphatic hydroxyl groups is 1. The van der Waals surface area contributed by atoms with Crippen molar-refractivity contribution in [3.8, 4) is 5.75 Å². The summed E-state index contributed by atoms with van der Waals surface area (Å²) in [7, 11) is 0. The molecule has 1 N–H and O–H groups in total. The molecule has 8 heteroatoms. The average Bonchev–Trinajstić information content (AvgIpc) is 3.51. The molecule has 0 bridgehead atoms. The van der Waals surface area contributed by atoms with Crippen LogP contribution in [0.2, 0.25) is 0 Å². The van der Waals surface area contributed by atoms with E-state index in [0.717, 1.165) is 31.6 Å². The molecule has 3 aromatic carbocycles. The Kier molecular flexibility index (Phi) is 5.46. The number of anilines is 1. The van der Waals surface area contributed by atoms with Gasteiger partial charge in [-0.3, -0.25) is 14.5 Å². The minimum Gasteiger partial charge on any atom is -0.507 e. The van der Waals surface area contributed by atoms with Gasteiger partial charge < -0.3 is 9.84 Å². The van der Waals surface area contributed by atoms with Crippen LogP contribution in [0.3, 0.4) is 0 Å². The van der Waals surface area contributed by atoms with Crippen molar-refractivity contribution >= 4 is 60.1 Å². The third-order valence-corrected chi connectivity index (χ3v) is 8.08. The summed E-state index contributed by atoms with van der Waals surface area (Å²) in [6.45, 7) is 3.98. The van der Waals surface area contributed by atoms with Crippen LogP contribution >= 0.6 is 27.3 Å². The monoisotopic (exact) mass is 560 g/mol. The third-order valence-electron chi connectivity index (χ3n) is 6.54. The summed E-state index contributed by atoms with van der Waals surface area (Å²) in [5.41, 5.74) is 4.02. The number of ether oxygens (including phenoxy) is 1. The quantitative estimate of drug-likeness (QED) is 0.180. The molecule has 2 atom stereocenters. The maximum Gasteiger partial charge on any atom is 0.301 e. The topological polar surface area (TPSA) is 79.7 Å². The molecule has 1 aromatic heterocycles. The van der Waals surface area contributed by atoms with Gasteiger partial charge in [-0.1, -0.05) is 45.5 Å². The lowest BCUT2D eigenvalue weighted by atomic mass is 9.94. The van der Waals surface area contributed by atoms with E-state index in [1.807, 2.05) is 62.4 Å². The SMILES string of the molecule is Cc1ccc2nc(N3C(=O)C(=O)C(=C(O)c4ccc5c(c4)C[C@@H](C)O5)[C@@H]3c3ccc(Br)cc3)sc2c1.